The van der Waals surface area contributed by atoms with Crippen LogP contribution < -0.4 is 15.0 Å². The molecule has 1 atom stereocenters. The molecule has 0 spiro atoms. The molecule has 1 heterocycles. The number of hydrogen-bond acceptors (Lipinski definition) is 3. The van der Waals surface area contributed by atoms with Gasteiger partial charge in [-0.05, 0) is 29.2 Å². The third kappa shape index (κ3) is 4.45. The number of carbonyl (C=O) groups is 2. The van der Waals surface area contributed by atoms with E-state index in [1.165, 1.54) is 4.90 Å². The highest BCUT2D eigenvalue weighted by Crippen LogP contribution is 2.35. The molecule has 158 valence electrons. The maximum atomic E-state index is 13.2. The predicted octanol–water partition coefficient (Wildman–Crippen LogP) is 4.34. The zero-order valence-corrected chi connectivity index (χ0v) is 17.7. The van der Waals surface area contributed by atoms with Gasteiger partial charge in [0.05, 0.1) is 11.7 Å². The second-order valence-corrected chi connectivity index (χ2v) is 8.00. The summed E-state index contributed by atoms with van der Waals surface area (Å²) >= 11 is 0. The van der Waals surface area contributed by atoms with Crippen molar-refractivity contribution < 1.29 is 14.3 Å². The van der Waals surface area contributed by atoms with E-state index in [1.807, 2.05) is 98.8 Å². The van der Waals surface area contributed by atoms with Crippen molar-refractivity contribution in [1.29, 1.82) is 0 Å². The first-order valence-electron chi connectivity index (χ1n) is 10.5. The molecule has 1 N–H and O–H groups in total. The normalized spacial score (nSPS) is 15.5. The maximum Gasteiger partial charge on any atom is 0.268 e. The minimum absolute atomic E-state index is 0.00666. The van der Waals surface area contributed by atoms with Gasteiger partial charge in [-0.15, -0.1) is 0 Å². The fourth-order valence-corrected chi connectivity index (χ4v) is 3.82. The average molecular weight is 415 g/mol. The number of ether oxygens (including phenoxy) is 1. The fourth-order valence-electron chi connectivity index (χ4n) is 3.82. The molecule has 0 aliphatic carbocycles. The molecule has 1 aliphatic rings. The highest BCUT2D eigenvalue weighted by atomic mass is 16.5. The van der Waals surface area contributed by atoms with Crippen LogP contribution in [0.3, 0.4) is 0 Å². The van der Waals surface area contributed by atoms with Crippen LogP contribution in [0.1, 0.15) is 31.0 Å². The largest absolute Gasteiger partial charge is 0.478 e. The molecule has 0 bridgehead atoms. The number of benzene rings is 3. The van der Waals surface area contributed by atoms with E-state index in [0.29, 0.717) is 11.4 Å². The van der Waals surface area contributed by atoms with Crippen molar-refractivity contribution in [3.05, 3.63) is 96.1 Å². The standard InChI is InChI=1S/C26H26N2O3/c1-18(2)25-26(30)28(21-15-9-10-16-22(21)31-25)17-23(29)27-24(19-11-5-3-6-12-19)20-13-7-4-8-14-20/h3-16,18,24-25H,17H2,1-2H3,(H,27,29)/t25-/m1/s1. The van der Waals surface area contributed by atoms with Gasteiger partial charge >= 0.3 is 0 Å². The summed E-state index contributed by atoms with van der Waals surface area (Å²) in [7, 11) is 0. The van der Waals surface area contributed by atoms with Crippen molar-refractivity contribution in [2.75, 3.05) is 11.4 Å². The van der Waals surface area contributed by atoms with E-state index >= 15 is 0 Å². The third-order valence-electron chi connectivity index (χ3n) is 5.40. The molecular weight excluding hydrogens is 388 g/mol. The number of amides is 2. The second kappa shape index (κ2) is 9.04. The highest BCUT2D eigenvalue weighted by molar-refractivity contribution is 6.04. The van der Waals surface area contributed by atoms with Crippen LogP contribution in [-0.4, -0.2) is 24.5 Å². The molecule has 1 aliphatic heterocycles. The summed E-state index contributed by atoms with van der Waals surface area (Å²) in [5, 5.41) is 3.12. The van der Waals surface area contributed by atoms with E-state index in [9.17, 15) is 9.59 Å². The Kier molecular flexibility index (Phi) is 6.03. The Morgan fingerprint density at radius 1 is 0.903 bits per heavy atom. The van der Waals surface area contributed by atoms with Crippen LogP contribution >= 0.6 is 0 Å². The molecule has 2 amide bonds. The number of nitrogens with one attached hydrogen (secondary N) is 1. The minimum Gasteiger partial charge on any atom is -0.478 e. The van der Waals surface area contributed by atoms with Crippen LogP contribution in [0, 0.1) is 5.92 Å². The van der Waals surface area contributed by atoms with Gasteiger partial charge in [-0.3, -0.25) is 14.5 Å². The first-order valence-corrected chi connectivity index (χ1v) is 10.5. The Bertz CT molecular complexity index is 1010. The number of nitrogens with zero attached hydrogens (tertiary/aromatic N) is 1. The smallest absolute Gasteiger partial charge is 0.268 e. The molecule has 0 radical (unpaired) electrons. The zero-order valence-electron chi connectivity index (χ0n) is 17.7. The topological polar surface area (TPSA) is 58.6 Å². The summed E-state index contributed by atoms with van der Waals surface area (Å²) < 4.78 is 5.91. The van der Waals surface area contributed by atoms with Crippen molar-refractivity contribution in [2.45, 2.75) is 26.0 Å². The van der Waals surface area contributed by atoms with Gasteiger partial charge < -0.3 is 10.1 Å². The number of para-hydroxylation sites is 2. The zero-order chi connectivity index (χ0) is 21.8. The van der Waals surface area contributed by atoms with Gasteiger partial charge in [-0.25, -0.2) is 0 Å². The van der Waals surface area contributed by atoms with Crippen molar-refractivity contribution in [1.82, 2.24) is 5.32 Å². The summed E-state index contributed by atoms with van der Waals surface area (Å²) in [6, 6.07) is 26.7. The molecular formula is C26H26N2O3. The van der Waals surface area contributed by atoms with Gasteiger partial charge in [-0.2, -0.15) is 0 Å². The van der Waals surface area contributed by atoms with Crippen LogP contribution in [0.25, 0.3) is 0 Å². The Morgan fingerprint density at radius 3 is 2.03 bits per heavy atom. The van der Waals surface area contributed by atoms with Crippen LogP contribution in [0.5, 0.6) is 5.75 Å². The lowest BCUT2D eigenvalue weighted by Gasteiger charge is -2.35. The molecule has 3 aromatic carbocycles. The SMILES string of the molecule is CC(C)[C@H]1Oc2ccccc2N(CC(=O)NC(c2ccccc2)c2ccccc2)C1=O. The highest BCUT2D eigenvalue weighted by Gasteiger charge is 2.37. The predicted molar refractivity (Wildman–Crippen MR) is 121 cm³/mol. The maximum absolute atomic E-state index is 13.2. The molecule has 0 fully saturated rings. The van der Waals surface area contributed by atoms with Gasteiger partial charge in [0.2, 0.25) is 5.91 Å². The summed E-state index contributed by atoms with van der Waals surface area (Å²) in [5.41, 5.74) is 2.59. The number of hydrogen-bond donors (Lipinski definition) is 1. The summed E-state index contributed by atoms with van der Waals surface area (Å²) in [6.45, 7) is 3.81. The van der Waals surface area contributed by atoms with E-state index < -0.39 is 6.10 Å². The minimum atomic E-state index is -0.609. The first-order chi connectivity index (χ1) is 15.0. The van der Waals surface area contributed by atoms with Gasteiger partial charge in [0, 0.05) is 0 Å². The van der Waals surface area contributed by atoms with Gasteiger partial charge in [-0.1, -0.05) is 86.6 Å². The summed E-state index contributed by atoms with van der Waals surface area (Å²) in [5.74, 6) is 0.189. The van der Waals surface area contributed by atoms with Gasteiger partial charge in [0.15, 0.2) is 6.10 Å². The van der Waals surface area contributed by atoms with Crippen LogP contribution in [0.2, 0.25) is 0 Å². The fraction of sp³-hybridized carbons (Fsp3) is 0.231. The molecule has 0 saturated carbocycles. The molecule has 5 heteroatoms. The number of rotatable bonds is 6. The lowest BCUT2D eigenvalue weighted by molar-refractivity contribution is -0.130. The lowest BCUT2D eigenvalue weighted by atomic mass is 9.98. The molecule has 3 aromatic rings. The summed E-state index contributed by atoms with van der Waals surface area (Å²) in [4.78, 5) is 27.8. The Balaban J connectivity index is 1.60. The Hall–Kier alpha value is -3.60. The van der Waals surface area contributed by atoms with E-state index in [0.717, 1.165) is 11.1 Å². The van der Waals surface area contributed by atoms with Crippen LogP contribution in [0.4, 0.5) is 5.69 Å². The molecule has 5 nitrogen and oxygen atoms in total. The monoisotopic (exact) mass is 414 g/mol. The molecule has 31 heavy (non-hydrogen) atoms. The average Bonchev–Trinajstić information content (AvgIpc) is 2.80. The molecule has 4 rings (SSSR count). The third-order valence-corrected chi connectivity index (χ3v) is 5.40. The lowest BCUT2D eigenvalue weighted by Crippen LogP contribution is -2.51. The van der Waals surface area contributed by atoms with Crippen molar-refractivity contribution in [2.24, 2.45) is 5.92 Å². The first kappa shape index (κ1) is 20.7. The van der Waals surface area contributed by atoms with Gasteiger partial charge in [0.25, 0.3) is 5.91 Å². The van der Waals surface area contributed by atoms with E-state index in [4.69, 9.17) is 4.74 Å². The Morgan fingerprint density at radius 2 is 1.45 bits per heavy atom. The van der Waals surface area contributed by atoms with Gasteiger partial charge in [0.1, 0.15) is 12.3 Å². The quantitative estimate of drug-likeness (QED) is 0.653. The second-order valence-electron chi connectivity index (χ2n) is 8.00. The van der Waals surface area contributed by atoms with Crippen molar-refractivity contribution in [3.8, 4) is 5.75 Å². The van der Waals surface area contributed by atoms with E-state index in [-0.39, 0.29) is 30.3 Å². The van der Waals surface area contributed by atoms with Crippen LogP contribution in [-0.2, 0) is 9.59 Å². The van der Waals surface area contributed by atoms with E-state index in [1.54, 1.807) is 0 Å². The molecule has 0 aromatic heterocycles. The molecule has 0 saturated heterocycles. The van der Waals surface area contributed by atoms with Crippen molar-refractivity contribution in [3.63, 3.8) is 0 Å². The molecule has 0 unspecified atom stereocenters. The number of fused-ring (bicyclic) bond motifs is 1. The number of anilines is 1. The summed E-state index contributed by atoms with van der Waals surface area (Å²) in [6.07, 6.45) is -0.609. The van der Waals surface area contributed by atoms with Crippen molar-refractivity contribution >= 4 is 17.5 Å². The number of carbonyl (C=O) groups excluding carboxylic acids is 2. The van der Waals surface area contributed by atoms with Crippen LogP contribution in [0.15, 0.2) is 84.9 Å². The Labute approximate surface area is 182 Å². The van der Waals surface area contributed by atoms with E-state index in [2.05, 4.69) is 5.32 Å².